The Hall–Kier alpha value is -1.77. The summed E-state index contributed by atoms with van der Waals surface area (Å²) < 4.78 is 10.0. The molecule has 0 amide bonds. The Morgan fingerprint density at radius 3 is 2.87 bits per heavy atom. The van der Waals surface area contributed by atoms with Crippen molar-refractivity contribution in [2.75, 3.05) is 13.7 Å². The van der Waals surface area contributed by atoms with E-state index in [9.17, 15) is 4.79 Å². The second-order valence-electron chi connectivity index (χ2n) is 3.09. The van der Waals surface area contributed by atoms with Crippen LogP contribution in [0.1, 0.15) is 15.9 Å². The minimum atomic E-state index is -0.394. The van der Waals surface area contributed by atoms with Crippen LogP contribution >= 0.6 is 0 Å². The number of carbonyl (C=O) groups excluding carboxylic acids is 1. The van der Waals surface area contributed by atoms with Crippen molar-refractivity contribution in [1.82, 2.24) is 0 Å². The van der Waals surface area contributed by atoms with Gasteiger partial charge in [0.1, 0.15) is 17.9 Å². The lowest BCUT2D eigenvalue weighted by Gasteiger charge is -2.09. The summed E-state index contributed by atoms with van der Waals surface area (Å²) >= 11 is 0. The molecule has 1 aromatic carbocycles. The summed E-state index contributed by atoms with van der Waals surface area (Å²) in [5, 5.41) is 0. The molecular weight excluding hydrogens is 192 g/mol. The van der Waals surface area contributed by atoms with Gasteiger partial charge >= 0.3 is 5.97 Å². The highest BCUT2D eigenvalue weighted by Crippen LogP contribution is 2.21. The smallest absolute Gasteiger partial charge is 0.341 e. The molecule has 0 aliphatic carbocycles. The minimum Gasteiger partial charge on any atom is -0.489 e. The zero-order chi connectivity index (χ0) is 11.3. The first-order valence-electron chi connectivity index (χ1n) is 4.61. The number of benzene rings is 1. The first-order valence-corrected chi connectivity index (χ1v) is 4.61. The van der Waals surface area contributed by atoms with Crippen LogP contribution in [0.4, 0.5) is 0 Å². The molecule has 3 heteroatoms. The van der Waals surface area contributed by atoms with Gasteiger partial charge in [-0.05, 0) is 24.6 Å². The molecule has 0 fully saturated rings. The van der Waals surface area contributed by atoms with E-state index in [-0.39, 0.29) is 0 Å². The van der Waals surface area contributed by atoms with E-state index in [2.05, 4.69) is 11.3 Å². The largest absolute Gasteiger partial charge is 0.489 e. The van der Waals surface area contributed by atoms with Crippen LogP contribution in [0, 0.1) is 6.92 Å². The summed E-state index contributed by atoms with van der Waals surface area (Å²) in [7, 11) is 1.35. The van der Waals surface area contributed by atoms with Gasteiger partial charge in [-0.15, -0.1) is 0 Å². The van der Waals surface area contributed by atoms with Crippen molar-refractivity contribution < 1.29 is 14.3 Å². The first-order chi connectivity index (χ1) is 7.19. The number of hydrogen-bond acceptors (Lipinski definition) is 3. The molecule has 0 aliphatic heterocycles. The maximum atomic E-state index is 11.4. The number of esters is 1. The van der Waals surface area contributed by atoms with Crippen molar-refractivity contribution in [1.29, 1.82) is 0 Å². The lowest BCUT2D eigenvalue weighted by molar-refractivity contribution is 0.0596. The summed E-state index contributed by atoms with van der Waals surface area (Å²) in [6.07, 6.45) is 1.63. The van der Waals surface area contributed by atoms with E-state index in [0.717, 1.165) is 5.56 Å². The molecule has 0 bridgehead atoms. The minimum absolute atomic E-state index is 0.368. The zero-order valence-corrected chi connectivity index (χ0v) is 8.95. The van der Waals surface area contributed by atoms with Gasteiger partial charge in [0, 0.05) is 0 Å². The number of aryl methyl sites for hydroxylation is 1. The third-order valence-electron chi connectivity index (χ3n) is 1.90. The van der Waals surface area contributed by atoms with Crippen LogP contribution in [0.3, 0.4) is 0 Å². The molecule has 0 heterocycles. The van der Waals surface area contributed by atoms with Gasteiger partial charge in [0.05, 0.1) is 7.11 Å². The van der Waals surface area contributed by atoms with Crippen LogP contribution in [0.15, 0.2) is 30.9 Å². The Bertz CT molecular complexity index is 369. The fourth-order valence-corrected chi connectivity index (χ4v) is 1.18. The Balaban J connectivity index is 3.02. The summed E-state index contributed by atoms with van der Waals surface area (Å²) in [5.41, 5.74) is 1.46. The van der Waals surface area contributed by atoms with Gasteiger partial charge in [-0.25, -0.2) is 4.79 Å². The maximum absolute atomic E-state index is 11.4. The van der Waals surface area contributed by atoms with Crippen molar-refractivity contribution in [3.8, 4) is 5.75 Å². The average molecular weight is 206 g/mol. The molecule has 80 valence electrons. The molecule has 0 aliphatic rings. The molecule has 1 rings (SSSR count). The predicted octanol–water partition coefficient (Wildman–Crippen LogP) is 2.35. The fraction of sp³-hybridized carbons (Fsp3) is 0.250. The van der Waals surface area contributed by atoms with Gasteiger partial charge in [-0.3, -0.25) is 0 Å². The number of rotatable bonds is 4. The summed E-state index contributed by atoms with van der Waals surface area (Å²) in [6.45, 7) is 5.85. The van der Waals surface area contributed by atoms with Gasteiger partial charge < -0.3 is 9.47 Å². The third kappa shape index (κ3) is 2.84. The highest BCUT2D eigenvalue weighted by Gasteiger charge is 2.12. The lowest BCUT2D eigenvalue weighted by atomic mass is 10.1. The van der Waals surface area contributed by atoms with Gasteiger partial charge in [-0.1, -0.05) is 18.7 Å². The number of carbonyl (C=O) groups is 1. The Morgan fingerprint density at radius 2 is 2.27 bits per heavy atom. The molecule has 0 N–H and O–H groups in total. The van der Waals surface area contributed by atoms with E-state index in [1.807, 2.05) is 13.0 Å². The Kier molecular flexibility index (Phi) is 3.92. The molecule has 0 spiro atoms. The summed E-state index contributed by atoms with van der Waals surface area (Å²) in [5.74, 6) is 0.135. The topological polar surface area (TPSA) is 35.5 Å². The molecule has 0 saturated heterocycles. The molecule has 3 nitrogen and oxygen atoms in total. The SMILES string of the molecule is C=CCOc1cc(C)ccc1C(=O)OC. The summed E-state index contributed by atoms with van der Waals surface area (Å²) in [4.78, 5) is 11.4. The monoisotopic (exact) mass is 206 g/mol. The number of ether oxygens (including phenoxy) is 2. The lowest BCUT2D eigenvalue weighted by Crippen LogP contribution is -2.06. The standard InChI is InChI=1S/C12H14O3/c1-4-7-15-11-8-9(2)5-6-10(11)12(13)14-3/h4-6,8H,1,7H2,2-3H3. The molecule has 0 aromatic heterocycles. The average Bonchev–Trinajstić information content (AvgIpc) is 2.25. The van der Waals surface area contributed by atoms with E-state index in [1.54, 1.807) is 18.2 Å². The molecule has 0 unspecified atom stereocenters. The van der Waals surface area contributed by atoms with E-state index in [1.165, 1.54) is 7.11 Å². The van der Waals surface area contributed by atoms with Crippen LogP contribution < -0.4 is 4.74 Å². The Morgan fingerprint density at radius 1 is 1.53 bits per heavy atom. The highest BCUT2D eigenvalue weighted by atomic mass is 16.5. The van der Waals surface area contributed by atoms with Crippen LogP contribution in [-0.2, 0) is 4.74 Å². The number of methoxy groups -OCH3 is 1. The van der Waals surface area contributed by atoms with Crippen molar-refractivity contribution >= 4 is 5.97 Å². The zero-order valence-electron chi connectivity index (χ0n) is 8.95. The maximum Gasteiger partial charge on any atom is 0.341 e. The second-order valence-corrected chi connectivity index (χ2v) is 3.09. The van der Waals surface area contributed by atoms with Gasteiger partial charge in [0.2, 0.25) is 0 Å². The van der Waals surface area contributed by atoms with Crippen molar-refractivity contribution in [3.05, 3.63) is 42.0 Å². The van der Waals surface area contributed by atoms with Gasteiger partial charge in [-0.2, -0.15) is 0 Å². The second kappa shape index (κ2) is 5.20. The number of hydrogen-bond donors (Lipinski definition) is 0. The van der Waals surface area contributed by atoms with E-state index < -0.39 is 5.97 Å². The molecular formula is C12H14O3. The van der Waals surface area contributed by atoms with Gasteiger partial charge in [0.25, 0.3) is 0 Å². The normalized spacial score (nSPS) is 9.47. The first kappa shape index (κ1) is 11.3. The summed E-state index contributed by atoms with van der Waals surface area (Å²) in [6, 6.07) is 5.34. The molecule has 1 aromatic rings. The van der Waals surface area contributed by atoms with Crippen LogP contribution in [0.2, 0.25) is 0 Å². The van der Waals surface area contributed by atoms with E-state index >= 15 is 0 Å². The van der Waals surface area contributed by atoms with Crippen LogP contribution in [0.25, 0.3) is 0 Å². The molecule has 0 radical (unpaired) electrons. The highest BCUT2D eigenvalue weighted by molar-refractivity contribution is 5.92. The fourth-order valence-electron chi connectivity index (χ4n) is 1.18. The van der Waals surface area contributed by atoms with E-state index in [4.69, 9.17) is 4.74 Å². The predicted molar refractivity (Wildman–Crippen MR) is 58.2 cm³/mol. The van der Waals surface area contributed by atoms with Crippen LogP contribution in [0.5, 0.6) is 5.75 Å². The van der Waals surface area contributed by atoms with E-state index in [0.29, 0.717) is 17.9 Å². The van der Waals surface area contributed by atoms with Gasteiger partial charge in [0.15, 0.2) is 0 Å². The Labute approximate surface area is 89.3 Å². The van der Waals surface area contributed by atoms with Crippen molar-refractivity contribution in [3.63, 3.8) is 0 Å². The molecule has 15 heavy (non-hydrogen) atoms. The molecule has 0 atom stereocenters. The molecule has 0 saturated carbocycles. The van der Waals surface area contributed by atoms with Crippen molar-refractivity contribution in [2.45, 2.75) is 6.92 Å². The quantitative estimate of drug-likeness (QED) is 0.560. The van der Waals surface area contributed by atoms with Crippen LogP contribution in [-0.4, -0.2) is 19.7 Å². The third-order valence-corrected chi connectivity index (χ3v) is 1.90. The van der Waals surface area contributed by atoms with Crippen molar-refractivity contribution in [2.24, 2.45) is 0 Å².